The first kappa shape index (κ1) is 26.0. The summed E-state index contributed by atoms with van der Waals surface area (Å²) < 4.78 is 38.1. The van der Waals surface area contributed by atoms with Gasteiger partial charge in [0.05, 0.1) is 23.7 Å². The minimum Gasteiger partial charge on any atom is -0.493 e. The molecule has 1 aliphatic carbocycles. The zero-order chi connectivity index (χ0) is 27.0. The quantitative estimate of drug-likeness (QED) is 0.437. The van der Waals surface area contributed by atoms with E-state index in [1.54, 1.807) is 17.9 Å². The smallest absolute Gasteiger partial charge is 0.263 e. The van der Waals surface area contributed by atoms with Gasteiger partial charge in [-0.05, 0) is 49.8 Å². The molecule has 9 nitrogen and oxygen atoms in total. The highest BCUT2D eigenvalue weighted by atomic mass is 19.3. The minimum absolute atomic E-state index is 0.00619. The highest BCUT2D eigenvalue weighted by Crippen LogP contribution is 2.38. The van der Waals surface area contributed by atoms with Crippen molar-refractivity contribution in [3.63, 3.8) is 0 Å². The Kier molecular flexibility index (Phi) is 7.29. The third-order valence-electron chi connectivity index (χ3n) is 7.23. The second-order valence-corrected chi connectivity index (χ2v) is 10.2. The fourth-order valence-corrected chi connectivity index (χ4v) is 4.90. The number of rotatable bonds is 9. The lowest BCUT2D eigenvalue weighted by Gasteiger charge is -2.17. The number of H-pyrrole nitrogens is 1. The van der Waals surface area contributed by atoms with E-state index in [4.69, 9.17) is 9.47 Å². The number of ether oxygens (including phenoxy) is 2. The lowest BCUT2D eigenvalue weighted by Crippen LogP contribution is -2.41. The summed E-state index contributed by atoms with van der Waals surface area (Å²) in [6, 6.07) is 4.06. The number of nitrogens with one attached hydrogen (secondary N) is 2. The van der Waals surface area contributed by atoms with Gasteiger partial charge in [0, 0.05) is 37.0 Å². The molecular formula is C27H31F2N5O4. The molecule has 2 unspecified atom stereocenters. The zero-order valence-electron chi connectivity index (χ0n) is 21.6. The zero-order valence-corrected chi connectivity index (χ0v) is 21.6. The van der Waals surface area contributed by atoms with E-state index in [-0.39, 0.29) is 35.9 Å². The van der Waals surface area contributed by atoms with E-state index in [0.29, 0.717) is 64.9 Å². The van der Waals surface area contributed by atoms with Crippen molar-refractivity contribution in [2.75, 3.05) is 33.4 Å². The summed E-state index contributed by atoms with van der Waals surface area (Å²) in [7, 11) is 1.47. The fraction of sp³-hybridized carbons (Fsp3) is 0.481. The van der Waals surface area contributed by atoms with Crippen LogP contribution in [0.25, 0.3) is 22.3 Å². The lowest BCUT2D eigenvalue weighted by molar-refractivity contribution is -0.134. The molecule has 2 N–H and O–H groups in total. The van der Waals surface area contributed by atoms with Gasteiger partial charge in [-0.15, -0.1) is 0 Å². The number of carbonyl (C=O) groups is 2. The summed E-state index contributed by atoms with van der Waals surface area (Å²) in [6.07, 6.45) is 0.854. The molecule has 202 valence electrons. The van der Waals surface area contributed by atoms with Gasteiger partial charge in [0.15, 0.2) is 0 Å². The predicted molar refractivity (Wildman–Crippen MR) is 136 cm³/mol. The van der Waals surface area contributed by atoms with Crippen LogP contribution in [0.2, 0.25) is 0 Å². The molecule has 2 atom stereocenters. The number of likely N-dealkylation sites (tertiary alicyclic amines) is 1. The summed E-state index contributed by atoms with van der Waals surface area (Å²) in [6.45, 7) is 5.15. The molecular weight excluding hydrogens is 496 g/mol. The molecule has 2 aromatic heterocycles. The normalized spacial score (nSPS) is 19.4. The van der Waals surface area contributed by atoms with Crippen LogP contribution in [0.5, 0.6) is 5.75 Å². The molecule has 1 aliphatic heterocycles. The molecule has 1 aromatic carbocycles. The van der Waals surface area contributed by atoms with Gasteiger partial charge in [-0.2, -0.15) is 0 Å². The molecule has 3 heterocycles. The average Bonchev–Trinajstić information content (AvgIpc) is 3.56. The van der Waals surface area contributed by atoms with E-state index in [9.17, 15) is 18.4 Å². The Morgan fingerprint density at radius 2 is 2.03 bits per heavy atom. The van der Waals surface area contributed by atoms with Crippen LogP contribution in [0, 0.1) is 18.8 Å². The van der Waals surface area contributed by atoms with Crippen LogP contribution in [-0.2, 0) is 9.53 Å². The van der Waals surface area contributed by atoms with E-state index >= 15 is 0 Å². The molecule has 38 heavy (non-hydrogen) atoms. The minimum atomic E-state index is -2.65. The highest BCUT2D eigenvalue weighted by molar-refractivity contribution is 6.09. The number of methoxy groups -OCH3 is 1. The lowest BCUT2D eigenvalue weighted by atomic mass is 10.0. The van der Waals surface area contributed by atoms with Gasteiger partial charge < -0.3 is 24.7 Å². The molecule has 5 rings (SSSR count). The molecule has 1 saturated heterocycles. The summed E-state index contributed by atoms with van der Waals surface area (Å²) in [5.74, 6) is 0.536. The molecule has 11 heteroatoms. The molecule has 2 aliphatic rings. The number of amides is 2. The van der Waals surface area contributed by atoms with Crippen LogP contribution in [0.1, 0.15) is 47.8 Å². The van der Waals surface area contributed by atoms with Gasteiger partial charge in [-0.25, -0.2) is 18.7 Å². The van der Waals surface area contributed by atoms with Crippen molar-refractivity contribution in [3.8, 4) is 17.0 Å². The maximum absolute atomic E-state index is 13.6. The van der Waals surface area contributed by atoms with Gasteiger partial charge in [-0.3, -0.25) is 9.59 Å². The first-order chi connectivity index (χ1) is 18.3. The molecule has 0 spiro atoms. The number of hydrogen-bond donors (Lipinski definition) is 2. The maximum Gasteiger partial charge on any atom is 0.263 e. The van der Waals surface area contributed by atoms with Crippen molar-refractivity contribution in [2.24, 2.45) is 11.8 Å². The number of hydrogen-bond acceptors (Lipinski definition) is 6. The van der Waals surface area contributed by atoms with E-state index in [2.05, 4.69) is 20.3 Å². The number of benzene rings is 1. The largest absolute Gasteiger partial charge is 0.493 e. The summed E-state index contributed by atoms with van der Waals surface area (Å²) in [4.78, 5) is 39.3. The second kappa shape index (κ2) is 10.6. The van der Waals surface area contributed by atoms with Crippen LogP contribution in [0.3, 0.4) is 0 Å². The molecule has 2 fully saturated rings. The van der Waals surface area contributed by atoms with Crippen LogP contribution < -0.4 is 10.1 Å². The Balaban J connectivity index is 1.46. The van der Waals surface area contributed by atoms with Crippen molar-refractivity contribution < 1.29 is 27.8 Å². The van der Waals surface area contributed by atoms with Crippen molar-refractivity contribution in [1.82, 2.24) is 25.2 Å². The third kappa shape index (κ3) is 5.20. The third-order valence-corrected chi connectivity index (χ3v) is 7.23. The van der Waals surface area contributed by atoms with E-state index in [0.717, 1.165) is 12.8 Å². The molecule has 3 aromatic rings. The number of aromatic nitrogens is 3. The van der Waals surface area contributed by atoms with Crippen molar-refractivity contribution >= 4 is 22.8 Å². The Bertz CT molecular complexity index is 1360. The van der Waals surface area contributed by atoms with E-state index in [1.807, 2.05) is 6.92 Å². The monoisotopic (exact) mass is 527 g/mol. The van der Waals surface area contributed by atoms with Gasteiger partial charge in [-0.1, -0.05) is 6.92 Å². The van der Waals surface area contributed by atoms with Gasteiger partial charge in [0.1, 0.15) is 29.9 Å². The molecule has 0 bridgehead atoms. The number of carbonyl (C=O) groups excluding carboxylic acids is 2. The molecule has 0 radical (unpaired) electrons. The Morgan fingerprint density at radius 3 is 2.74 bits per heavy atom. The number of halogens is 2. The number of aryl methyl sites for hydroxylation is 1. The van der Waals surface area contributed by atoms with Crippen molar-refractivity contribution in [1.29, 1.82) is 0 Å². The van der Waals surface area contributed by atoms with Crippen LogP contribution in [0.4, 0.5) is 8.78 Å². The summed E-state index contributed by atoms with van der Waals surface area (Å²) in [5.41, 5.74) is 2.43. The molecule has 2 amide bonds. The van der Waals surface area contributed by atoms with E-state index in [1.165, 1.54) is 25.6 Å². The number of fused-ring (bicyclic) bond motifs is 1. The first-order valence-corrected chi connectivity index (χ1v) is 12.7. The van der Waals surface area contributed by atoms with E-state index < -0.39 is 6.43 Å². The first-order valence-electron chi connectivity index (χ1n) is 12.7. The van der Waals surface area contributed by atoms with Gasteiger partial charge >= 0.3 is 0 Å². The Labute approximate surface area is 218 Å². The number of alkyl halides is 2. The standard InChI is InChI=1S/C27H31F2N5O4/c1-14-9-34(21(35)12-37-3)10-19(14)33-27(36)22-15(2)32-25-23(30-13-31-24(22)25)18-8-17(26(28)29)6-7-20(18)38-11-16-4-5-16/h6-8,13-14,16,19,26,32H,4-5,9-12H2,1-3H3,(H,33,36). The second-order valence-electron chi connectivity index (χ2n) is 10.2. The Morgan fingerprint density at radius 1 is 1.24 bits per heavy atom. The molecule has 1 saturated carbocycles. The van der Waals surface area contributed by atoms with Crippen LogP contribution in [0.15, 0.2) is 24.5 Å². The fourth-order valence-electron chi connectivity index (χ4n) is 4.90. The van der Waals surface area contributed by atoms with Gasteiger partial charge in [0.25, 0.3) is 12.3 Å². The van der Waals surface area contributed by atoms with Crippen molar-refractivity contribution in [2.45, 2.75) is 39.2 Å². The van der Waals surface area contributed by atoms with Crippen LogP contribution >= 0.6 is 0 Å². The summed E-state index contributed by atoms with van der Waals surface area (Å²) in [5, 5.41) is 3.05. The van der Waals surface area contributed by atoms with Crippen molar-refractivity contribution in [3.05, 3.63) is 41.3 Å². The number of aromatic amines is 1. The average molecular weight is 528 g/mol. The Hall–Kier alpha value is -3.60. The van der Waals surface area contributed by atoms with Gasteiger partial charge in [0.2, 0.25) is 5.91 Å². The topological polar surface area (TPSA) is 109 Å². The SMILES string of the molecule is COCC(=O)N1CC(C)C(NC(=O)c2c(C)[nH]c3c(-c4cc(C(F)F)ccc4OCC4CC4)ncnc23)C1. The maximum atomic E-state index is 13.6. The highest BCUT2D eigenvalue weighted by Gasteiger charge is 2.34. The summed E-state index contributed by atoms with van der Waals surface area (Å²) >= 11 is 0. The van der Waals surface area contributed by atoms with Crippen LogP contribution in [-0.4, -0.2) is 71.1 Å². The number of nitrogens with zero attached hydrogens (tertiary/aromatic N) is 3. The predicted octanol–water partition coefficient (Wildman–Crippen LogP) is 3.88.